The SMILES string of the molecule is C=CC(=O)N1CCN(c2ccc(Nc3ncc4c(n3)N(C)c3sc(C)nc3C(=O)N4C(C)C)c(C)c2)CC1.Cc1nc2c(s1)N(C)c1nc(Nc3ccc(N4CCN(S(C)(=O)=O)CC4)cc3C)ncc1N(C(C)C)C2=O.Cc1nc2c(s1)N(C)c1nc(Nc3ccc(N4CCNCC4)cc3C)ncc1N(C(C)C)C2=O. The number of aromatic nitrogens is 9. The zero-order valence-corrected chi connectivity index (χ0v) is 68.2. The molecular weight excluding hydrogens is 1470 g/mol. The molecular formula is C76H94N24O6S4. The fraction of sp³-hybridized carbons (Fsp3) is 0.408. The Labute approximate surface area is 654 Å². The van der Waals surface area contributed by atoms with Crippen LogP contribution in [-0.2, 0) is 14.8 Å². The third-order valence-electron chi connectivity index (χ3n) is 19.9. The van der Waals surface area contributed by atoms with Crippen molar-refractivity contribution in [2.75, 3.05) is 166 Å². The van der Waals surface area contributed by atoms with Crippen LogP contribution in [0, 0.1) is 41.5 Å². The average Bonchev–Trinajstić information content (AvgIpc) is 1.61. The number of aryl methyl sites for hydroxylation is 6. The molecule has 0 spiro atoms. The Kier molecular flexibility index (Phi) is 22.5. The maximum absolute atomic E-state index is 13.4. The molecule has 0 unspecified atom stereocenters. The molecule has 30 nitrogen and oxygen atoms in total. The highest BCUT2D eigenvalue weighted by Gasteiger charge is 2.39. The molecule has 6 aliphatic heterocycles. The smallest absolute Gasteiger partial charge is 0.280 e. The first-order valence-corrected chi connectivity index (χ1v) is 40.9. The van der Waals surface area contributed by atoms with Crippen LogP contribution >= 0.6 is 34.0 Å². The van der Waals surface area contributed by atoms with E-state index in [9.17, 15) is 27.6 Å². The minimum atomic E-state index is -3.17. The zero-order chi connectivity index (χ0) is 78.5. The summed E-state index contributed by atoms with van der Waals surface area (Å²) in [6.07, 6.45) is 7.75. The van der Waals surface area contributed by atoms with Crippen molar-refractivity contribution in [3.63, 3.8) is 0 Å². The number of sulfonamides is 1. The molecule has 578 valence electrons. The molecule has 110 heavy (non-hydrogen) atoms. The van der Waals surface area contributed by atoms with Crippen LogP contribution in [0.5, 0.6) is 0 Å². The topological polar surface area (TPSA) is 302 Å². The van der Waals surface area contributed by atoms with Crippen LogP contribution in [0.4, 0.5) is 101 Å². The molecule has 4 N–H and O–H groups in total. The first-order valence-electron chi connectivity index (χ1n) is 36.6. The third kappa shape index (κ3) is 15.8. The molecule has 9 aromatic rings. The summed E-state index contributed by atoms with van der Waals surface area (Å²) in [4.78, 5) is 113. The molecule has 0 saturated carbocycles. The van der Waals surface area contributed by atoms with Crippen LogP contribution in [0.25, 0.3) is 0 Å². The fourth-order valence-electron chi connectivity index (χ4n) is 14.2. The maximum atomic E-state index is 13.4. The third-order valence-corrected chi connectivity index (χ3v) is 24.4. The van der Waals surface area contributed by atoms with E-state index in [-0.39, 0.29) is 41.8 Å². The number of hydrogen-bond acceptors (Lipinski definition) is 28. The molecule has 0 bridgehead atoms. The number of anilines is 18. The van der Waals surface area contributed by atoms with E-state index < -0.39 is 10.0 Å². The Morgan fingerprint density at radius 2 is 0.782 bits per heavy atom. The van der Waals surface area contributed by atoms with Crippen molar-refractivity contribution < 1.29 is 27.6 Å². The Bertz CT molecular complexity index is 5140. The van der Waals surface area contributed by atoms with Gasteiger partial charge in [-0.2, -0.15) is 19.3 Å². The van der Waals surface area contributed by atoms with Crippen LogP contribution in [0.1, 0.15) is 105 Å². The standard InChI is InChI=1S/C27H32N8O2S.C25H32N8O3S2.C24H30N8OS/c1-7-22(36)34-12-10-33(11-13-34)19-8-9-20(17(4)14-19)30-27-28-15-21-24(31-27)32(6)26-23(29-18(5)38-26)25(37)35(21)16(2)3;1-15(2)33-20-14-26-25(29-22(20)30(5)24-21(23(33)34)27-17(4)37-24)28-19-8-7-18(13-16(19)3)31-9-11-32(12-10-31)38(6,35)36;1-14(2)32-19-13-26-24(29-21(19)30(5)23-20(22(32)33)27-16(4)34-23)28-18-7-6-17(12-15(18)3)31-10-8-25-9-11-31/h7-9,14-16H,1,10-13H2,2-6H3,(H,28,30,31);7-8,13-15H,9-12H2,1-6H3,(H,26,28,29);6-7,12-14,25H,8-11H2,1-5H3,(H,26,28,29). The second-order valence-electron chi connectivity index (χ2n) is 28.6. The molecule has 6 aromatic heterocycles. The van der Waals surface area contributed by atoms with Gasteiger partial charge in [-0.05, 0) is 160 Å². The number of carbonyl (C=O) groups is 4. The summed E-state index contributed by atoms with van der Waals surface area (Å²) < 4.78 is 25.2. The minimum Gasteiger partial charge on any atom is -0.369 e. The van der Waals surface area contributed by atoms with E-state index in [0.29, 0.717) is 109 Å². The van der Waals surface area contributed by atoms with Gasteiger partial charge in [0.15, 0.2) is 34.5 Å². The Balaban J connectivity index is 0.000000145. The van der Waals surface area contributed by atoms with E-state index in [1.165, 1.54) is 56.3 Å². The van der Waals surface area contributed by atoms with Crippen molar-refractivity contribution in [3.05, 3.63) is 135 Å². The number of nitrogens with one attached hydrogen (secondary N) is 4. The van der Waals surface area contributed by atoms with Crippen LogP contribution in [0.15, 0.2) is 85.8 Å². The van der Waals surface area contributed by atoms with Gasteiger partial charge in [0, 0.05) is 152 Å². The number of piperazine rings is 3. The van der Waals surface area contributed by atoms with Crippen molar-refractivity contribution in [2.24, 2.45) is 0 Å². The number of thiazole rings is 3. The molecule has 0 aliphatic carbocycles. The molecule has 0 radical (unpaired) electrons. The lowest BCUT2D eigenvalue weighted by molar-refractivity contribution is -0.126. The van der Waals surface area contributed by atoms with Gasteiger partial charge in [0.2, 0.25) is 33.8 Å². The molecule has 12 heterocycles. The summed E-state index contributed by atoms with van der Waals surface area (Å²) in [5.41, 5.74) is 12.6. The highest BCUT2D eigenvalue weighted by molar-refractivity contribution is 7.88. The average molecular weight is 1570 g/mol. The molecule has 3 aromatic carbocycles. The van der Waals surface area contributed by atoms with Gasteiger partial charge in [-0.3, -0.25) is 33.9 Å². The number of carbonyl (C=O) groups excluding carboxylic acids is 4. The van der Waals surface area contributed by atoms with E-state index >= 15 is 0 Å². The predicted octanol–water partition coefficient (Wildman–Crippen LogP) is 11.6. The summed E-state index contributed by atoms with van der Waals surface area (Å²) in [6, 6.07) is 18.5. The number of fused-ring (bicyclic) bond motifs is 6. The van der Waals surface area contributed by atoms with Crippen LogP contribution < -0.4 is 65.4 Å². The minimum absolute atomic E-state index is 0.0191. The highest BCUT2D eigenvalue weighted by atomic mass is 32.2. The van der Waals surface area contributed by atoms with E-state index in [4.69, 9.17) is 15.0 Å². The second kappa shape index (κ2) is 31.8. The quantitative estimate of drug-likeness (QED) is 0.0735. The van der Waals surface area contributed by atoms with Gasteiger partial charge >= 0.3 is 0 Å². The van der Waals surface area contributed by atoms with E-state index in [1.54, 1.807) is 33.3 Å². The normalized spacial score (nSPS) is 15.9. The van der Waals surface area contributed by atoms with Gasteiger partial charge in [-0.25, -0.2) is 38.3 Å². The number of amides is 4. The molecule has 3 fully saturated rings. The molecule has 6 aliphatic rings. The Hall–Kier alpha value is -10.5. The largest absolute Gasteiger partial charge is 0.369 e. The van der Waals surface area contributed by atoms with Gasteiger partial charge in [0.1, 0.15) is 32.1 Å². The van der Waals surface area contributed by atoms with Crippen LogP contribution in [0.2, 0.25) is 0 Å². The Morgan fingerprint density at radius 3 is 1.07 bits per heavy atom. The number of nitrogens with zero attached hydrogens (tertiary/aromatic N) is 20. The van der Waals surface area contributed by atoms with Crippen molar-refractivity contribution >= 4 is 169 Å². The zero-order valence-electron chi connectivity index (χ0n) is 65.0. The number of hydrogen-bond donors (Lipinski definition) is 4. The first-order chi connectivity index (χ1) is 52.4. The van der Waals surface area contributed by atoms with Gasteiger partial charge in [0.05, 0.1) is 39.9 Å². The summed E-state index contributed by atoms with van der Waals surface area (Å²) in [6.45, 7) is 36.5. The second-order valence-corrected chi connectivity index (χ2v) is 34.2. The highest BCUT2D eigenvalue weighted by Crippen LogP contribution is 2.46. The van der Waals surface area contributed by atoms with Crippen LogP contribution in [-0.4, -0.2) is 210 Å². The van der Waals surface area contributed by atoms with Gasteiger partial charge in [0.25, 0.3) is 17.7 Å². The molecule has 3 saturated heterocycles. The number of rotatable bonds is 14. The number of benzene rings is 3. The van der Waals surface area contributed by atoms with Crippen molar-refractivity contribution in [3.8, 4) is 0 Å². The fourth-order valence-corrected chi connectivity index (χ4v) is 17.6. The summed E-state index contributed by atoms with van der Waals surface area (Å²) in [5, 5.41) is 18.3. The van der Waals surface area contributed by atoms with Gasteiger partial charge < -0.3 is 55.6 Å². The maximum Gasteiger partial charge on any atom is 0.280 e. The molecule has 0 atom stereocenters. The lowest BCUT2D eigenvalue weighted by Gasteiger charge is -2.36. The van der Waals surface area contributed by atoms with Crippen molar-refractivity contribution in [2.45, 2.75) is 101 Å². The lowest BCUT2D eigenvalue weighted by atomic mass is 10.1. The lowest BCUT2D eigenvalue weighted by Crippen LogP contribution is -2.48. The van der Waals surface area contributed by atoms with Crippen molar-refractivity contribution in [1.29, 1.82) is 0 Å². The summed E-state index contributed by atoms with van der Waals surface area (Å²) in [5.74, 6) is 2.88. The first kappa shape index (κ1) is 77.6. The van der Waals surface area contributed by atoms with E-state index in [1.807, 2.05) is 135 Å². The Morgan fingerprint density at radius 1 is 0.473 bits per heavy atom. The molecule has 4 amide bonds. The van der Waals surface area contributed by atoms with Crippen molar-refractivity contribution in [1.82, 2.24) is 59.4 Å². The summed E-state index contributed by atoms with van der Waals surface area (Å²) >= 11 is 4.44. The monoisotopic (exact) mass is 1570 g/mol. The molecule has 34 heteroatoms. The predicted molar refractivity (Wildman–Crippen MR) is 443 cm³/mol. The molecule has 15 rings (SSSR count). The van der Waals surface area contributed by atoms with E-state index in [2.05, 4.69) is 116 Å². The van der Waals surface area contributed by atoms with Gasteiger partial charge in [-0.15, -0.1) is 34.0 Å². The summed E-state index contributed by atoms with van der Waals surface area (Å²) in [7, 11) is 2.57. The van der Waals surface area contributed by atoms with Gasteiger partial charge in [-0.1, -0.05) is 6.58 Å². The van der Waals surface area contributed by atoms with Crippen LogP contribution in [0.3, 0.4) is 0 Å². The van der Waals surface area contributed by atoms with E-state index in [0.717, 1.165) is 114 Å².